The number of thioether (sulfide) groups is 1. The van der Waals surface area contributed by atoms with Gasteiger partial charge in [-0.2, -0.15) is 0 Å². The summed E-state index contributed by atoms with van der Waals surface area (Å²) in [5, 5.41) is 3.14. The lowest BCUT2D eigenvalue weighted by Gasteiger charge is -2.30. The maximum Gasteiger partial charge on any atom is 0.251 e. The van der Waals surface area contributed by atoms with E-state index in [0.717, 1.165) is 37.2 Å². The van der Waals surface area contributed by atoms with Crippen LogP contribution in [0.15, 0.2) is 53.4 Å². The molecule has 0 saturated heterocycles. The number of nitrogens with one attached hydrogen (secondary N) is 1. The number of nitrogens with zero attached hydrogens (tertiary/aromatic N) is 1. The summed E-state index contributed by atoms with van der Waals surface area (Å²) < 4.78 is 0. The molecule has 1 amide bonds. The minimum absolute atomic E-state index is 0.0231. The first-order chi connectivity index (χ1) is 12.2. The van der Waals surface area contributed by atoms with Gasteiger partial charge >= 0.3 is 0 Å². The topological polar surface area (TPSA) is 32.3 Å². The molecule has 3 rings (SSSR count). The molecule has 1 heterocycles. The normalized spacial score (nSPS) is 14.7. The SMILES string of the molecule is CCN1CCSc2ccc(C(=O)N[C@H](C)CCc3ccccc3)cc21. The monoisotopic (exact) mass is 354 g/mol. The summed E-state index contributed by atoms with van der Waals surface area (Å²) in [6.45, 7) is 6.27. The van der Waals surface area contributed by atoms with Crippen molar-refractivity contribution in [2.45, 2.75) is 37.6 Å². The van der Waals surface area contributed by atoms with E-state index < -0.39 is 0 Å². The summed E-state index contributed by atoms with van der Waals surface area (Å²) in [5.74, 6) is 1.14. The fraction of sp³-hybridized carbons (Fsp3) is 0.381. The Morgan fingerprint density at radius 2 is 2.04 bits per heavy atom. The summed E-state index contributed by atoms with van der Waals surface area (Å²) in [5.41, 5.74) is 3.27. The third-order valence-electron chi connectivity index (χ3n) is 4.65. The standard InChI is InChI=1S/C21H26N2OS/c1-3-23-13-14-25-20-12-11-18(15-19(20)23)21(24)22-16(2)9-10-17-7-5-4-6-8-17/h4-8,11-12,15-16H,3,9-10,13-14H2,1-2H3,(H,22,24)/t16-/m1/s1. The Bertz CT molecular complexity index is 717. The largest absolute Gasteiger partial charge is 0.370 e. The number of hydrogen-bond acceptors (Lipinski definition) is 3. The molecule has 4 heteroatoms. The van der Waals surface area contributed by atoms with Crippen LogP contribution < -0.4 is 10.2 Å². The maximum atomic E-state index is 12.6. The molecule has 2 aromatic rings. The highest BCUT2D eigenvalue weighted by Gasteiger charge is 2.18. The number of hydrogen-bond donors (Lipinski definition) is 1. The molecule has 2 aromatic carbocycles. The fourth-order valence-corrected chi connectivity index (χ4v) is 4.18. The predicted molar refractivity (Wildman–Crippen MR) is 107 cm³/mol. The molecule has 0 bridgehead atoms. The average molecular weight is 355 g/mol. The van der Waals surface area contributed by atoms with E-state index in [2.05, 4.69) is 54.4 Å². The van der Waals surface area contributed by atoms with Crippen molar-refractivity contribution in [2.24, 2.45) is 0 Å². The molecule has 132 valence electrons. The Kier molecular flexibility index (Phi) is 6.03. The molecule has 0 unspecified atom stereocenters. The number of rotatable bonds is 6. The predicted octanol–water partition coefficient (Wildman–Crippen LogP) is 4.37. The van der Waals surface area contributed by atoms with Crippen molar-refractivity contribution in [1.82, 2.24) is 5.32 Å². The van der Waals surface area contributed by atoms with Crippen LogP contribution in [0.1, 0.15) is 36.2 Å². The number of anilines is 1. The third-order valence-corrected chi connectivity index (χ3v) is 5.69. The lowest BCUT2D eigenvalue weighted by Crippen LogP contribution is -2.33. The zero-order valence-electron chi connectivity index (χ0n) is 15.0. The van der Waals surface area contributed by atoms with Crippen LogP contribution in [0, 0.1) is 0 Å². The third kappa shape index (κ3) is 4.57. The molecule has 0 saturated carbocycles. The van der Waals surface area contributed by atoms with Crippen LogP contribution >= 0.6 is 11.8 Å². The van der Waals surface area contributed by atoms with E-state index in [1.165, 1.54) is 16.1 Å². The van der Waals surface area contributed by atoms with Gasteiger partial charge in [0.2, 0.25) is 0 Å². The Labute approximate surface area is 154 Å². The van der Waals surface area contributed by atoms with Gasteiger partial charge in [-0.3, -0.25) is 4.79 Å². The molecular formula is C21H26N2OS. The smallest absolute Gasteiger partial charge is 0.251 e. The van der Waals surface area contributed by atoms with E-state index in [9.17, 15) is 4.79 Å². The molecule has 25 heavy (non-hydrogen) atoms. The highest BCUT2D eigenvalue weighted by Crippen LogP contribution is 2.35. The molecule has 1 aliphatic rings. The van der Waals surface area contributed by atoms with E-state index in [4.69, 9.17) is 0 Å². The number of carbonyl (C=O) groups is 1. The number of fused-ring (bicyclic) bond motifs is 1. The number of aryl methyl sites for hydroxylation is 1. The minimum Gasteiger partial charge on any atom is -0.370 e. The molecule has 0 aromatic heterocycles. The molecule has 0 spiro atoms. The van der Waals surface area contributed by atoms with Crippen LogP contribution in [0.3, 0.4) is 0 Å². The van der Waals surface area contributed by atoms with Crippen molar-refractivity contribution in [1.29, 1.82) is 0 Å². The number of carbonyl (C=O) groups excluding carboxylic acids is 1. The maximum absolute atomic E-state index is 12.6. The molecule has 0 radical (unpaired) electrons. The van der Waals surface area contributed by atoms with Crippen molar-refractivity contribution in [3.63, 3.8) is 0 Å². The van der Waals surface area contributed by atoms with Crippen molar-refractivity contribution in [3.05, 3.63) is 59.7 Å². The van der Waals surface area contributed by atoms with Gasteiger partial charge in [0, 0.05) is 35.3 Å². The first-order valence-corrected chi connectivity index (χ1v) is 10.0. The van der Waals surface area contributed by atoms with Crippen LogP contribution in [0.4, 0.5) is 5.69 Å². The second-order valence-electron chi connectivity index (χ2n) is 6.51. The Morgan fingerprint density at radius 1 is 1.24 bits per heavy atom. The Balaban J connectivity index is 1.61. The zero-order valence-corrected chi connectivity index (χ0v) is 15.8. The molecular weight excluding hydrogens is 328 g/mol. The highest BCUT2D eigenvalue weighted by molar-refractivity contribution is 7.99. The van der Waals surface area contributed by atoms with Crippen molar-refractivity contribution >= 4 is 23.4 Å². The van der Waals surface area contributed by atoms with Crippen LogP contribution in [-0.2, 0) is 6.42 Å². The summed E-state index contributed by atoms with van der Waals surface area (Å²) >= 11 is 1.87. The van der Waals surface area contributed by atoms with Crippen LogP contribution in [0.25, 0.3) is 0 Å². The van der Waals surface area contributed by atoms with E-state index in [1.54, 1.807) is 0 Å². The Hall–Kier alpha value is -1.94. The summed E-state index contributed by atoms with van der Waals surface area (Å²) in [4.78, 5) is 16.2. The molecule has 1 atom stereocenters. The lowest BCUT2D eigenvalue weighted by molar-refractivity contribution is 0.0938. The summed E-state index contributed by atoms with van der Waals surface area (Å²) in [7, 11) is 0. The van der Waals surface area contributed by atoms with Crippen molar-refractivity contribution in [3.8, 4) is 0 Å². The lowest BCUT2D eigenvalue weighted by atomic mass is 10.1. The van der Waals surface area contributed by atoms with Gasteiger partial charge in [0.05, 0.1) is 5.69 Å². The number of benzene rings is 2. The second-order valence-corrected chi connectivity index (χ2v) is 7.65. The molecule has 1 N–H and O–H groups in total. The van der Waals surface area contributed by atoms with Crippen molar-refractivity contribution in [2.75, 3.05) is 23.7 Å². The first-order valence-electron chi connectivity index (χ1n) is 9.04. The molecule has 0 fully saturated rings. The van der Waals surface area contributed by atoms with Crippen LogP contribution in [0.2, 0.25) is 0 Å². The average Bonchev–Trinajstić information content (AvgIpc) is 2.66. The van der Waals surface area contributed by atoms with Gasteiger partial charge in [0.25, 0.3) is 5.91 Å². The summed E-state index contributed by atoms with van der Waals surface area (Å²) in [6, 6.07) is 16.7. The fourth-order valence-electron chi connectivity index (χ4n) is 3.15. The molecule has 3 nitrogen and oxygen atoms in total. The zero-order chi connectivity index (χ0) is 17.6. The van der Waals surface area contributed by atoms with Crippen LogP contribution in [0.5, 0.6) is 0 Å². The van der Waals surface area contributed by atoms with E-state index in [0.29, 0.717) is 0 Å². The van der Waals surface area contributed by atoms with Gasteiger partial charge < -0.3 is 10.2 Å². The minimum atomic E-state index is 0.0231. The highest BCUT2D eigenvalue weighted by atomic mass is 32.2. The second kappa shape index (κ2) is 8.43. The van der Waals surface area contributed by atoms with E-state index in [1.807, 2.05) is 30.0 Å². The van der Waals surface area contributed by atoms with Crippen LogP contribution in [-0.4, -0.2) is 30.8 Å². The quantitative estimate of drug-likeness (QED) is 0.836. The molecule has 0 aliphatic carbocycles. The van der Waals surface area contributed by atoms with E-state index >= 15 is 0 Å². The van der Waals surface area contributed by atoms with Crippen molar-refractivity contribution < 1.29 is 4.79 Å². The number of amides is 1. The van der Waals surface area contributed by atoms with Gasteiger partial charge in [-0.15, -0.1) is 11.8 Å². The van der Waals surface area contributed by atoms with Gasteiger partial charge in [-0.1, -0.05) is 30.3 Å². The van der Waals surface area contributed by atoms with Gasteiger partial charge in [-0.05, 0) is 50.5 Å². The first kappa shape index (κ1) is 17.9. The molecule has 1 aliphatic heterocycles. The van der Waals surface area contributed by atoms with Gasteiger partial charge in [0.1, 0.15) is 0 Å². The summed E-state index contributed by atoms with van der Waals surface area (Å²) in [6.07, 6.45) is 1.92. The Morgan fingerprint density at radius 3 is 2.80 bits per heavy atom. The van der Waals surface area contributed by atoms with Gasteiger partial charge in [0.15, 0.2) is 0 Å². The van der Waals surface area contributed by atoms with E-state index in [-0.39, 0.29) is 11.9 Å². The van der Waals surface area contributed by atoms with Gasteiger partial charge in [-0.25, -0.2) is 0 Å².